The van der Waals surface area contributed by atoms with Crippen LogP contribution >= 0.6 is 0 Å². The standard InChI is InChI=1S/C12H21NO2/c1-7-4-10-5-13(12(15)9(3)14)6-11(10)8(7)2/h7-11,14H,4-6H2,1-3H3. The lowest BCUT2D eigenvalue weighted by molar-refractivity contribution is -0.138. The smallest absolute Gasteiger partial charge is 0.251 e. The zero-order valence-electron chi connectivity index (χ0n) is 9.81. The number of rotatable bonds is 1. The van der Waals surface area contributed by atoms with E-state index in [4.69, 9.17) is 0 Å². The van der Waals surface area contributed by atoms with Crippen LogP contribution in [0.3, 0.4) is 0 Å². The van der Waals surface area contributed by atoms with Crippen LogP contribution in [0.1, 0.15) is 27.2 Å². The van der Waals surface area contributed by atoms with Gasteiger partial charge in [-0.25, -0.2) is 0 Å². The number of carbonyl (C=O) groups excluding carboxylic acids is 1. The molecule has 1 amide bonds. The fourth-order valence-electron chi connectivity index (χ4n) is 3.30. The van der Waals surface area contributed by atoms with Gasteiger partial charge in [0, 0.05) is 13.1 Å². The van der Waals surface area contributed by atoms with E-state index in [9.17, 15) is 9.90 Å². The minimum absolute atomic E-state index is 0.0933. The van der Waals surface area contributed by atoms with Crippen molar-refractivity contribution in [3.63, 3.8) is 0 Å². The Morgan fingerprint density at radius 3 is 2.60 bits per heavy atom. The SMILES string of the molecule is CC(O)C(=O)N1CC2CC(C)C(C)C2C1. The number of nitrogens with zero attached hydrogens (tertiary/aromatic N) is 1. The Morgan fingerprint density at radius 1 is 1.40 bits per heavy atom. The van der Waals surface area contributed by atoms with E-state index in [2.05, 4.69) is 13.8 Å². The summed E-state index contributed by atoms with van der Waals surface area (Å²) in [6.45, 7) is 7.89. The van der Waals surface area contributed by atoms with Gasteiger partial charge >= 0.3 is 0 Å². The molecule has 0 radical (unpaired) electrons. The fourth-order valence-corrected chi connectivity index (χ4v) is 3.30. The highest BCUT2D eigenvalue weighted by Gasteiger charge is 2.45. The molecule has 2 rings (SSSR count). The van der Waals surface area contributed by atoms with Gasteiger partial charge in [-0.05, 0) is 37.0 Å². The summed E-state index contributed by atoms with van der Waals surface area (Å²) in [5, 5.41) is 9.27. The molecule has 1 saturated carbocycles. The third-order valence-electron chi connectivity index (χ3n) is 4.41. The first-order valence-electron chi connectivity index (χ1n) is 5.97. The molecule has 0 aromatic carbocycles. The van der Waals surface area contributed by atoms with Crippen LogP contribution in [-0.2, 0) is 4.79 Å². The average Bonchev–Trinajstić information content (AvgIpc) is 2.67. The Morgan fingerprint density at radius 2 is 2.07 bits per heavy atom. The van der Waals surface area contributed by atoms with Gasteiger partial charge in [0.05, 0.1) is 0 Å². The minimum atomic E-state index is -0.837. The van der Waals surface area contributed by atoms with E-state index in [0.717, 1.165) is 24.9 Å². The Kier molecular flexibility index (Phi) is 2.75. The van der Waals surface area contributed by atoms with E-state index in [-0.39, 0.29) is 5.91 Å². The molecule has 2 fully saturated rings. The predicted octanol–water partition coefficient (Wildman–Crippen LogP) is 1.12. The molecule has 2 aliphatic rings. The predicted molar refractivity (Wildman–Crippen MR) is 58.2 cm³/mol. The van der Waals surface area contributed by atoms with Gasteiger partial charge in [0.15, 0.2) is 0 Å². The van der Waals surface area contributed by atoms with Gasteiger partial charge in [-0.15, -0.1) is 0 Å². The summed E-state index contributed by atoms with van der Waals surface area (Å²) in [5.41, 5.74) is 0. The zero-order chi connectivity index (χ0) is 11.2. The number of carbonyl (C=O) groups is 1. The van der Waals surface area contributed by atoms with E-state index in [1.807, 2.05) is 4.90 Å². The first-order chi connectivity index (χ1) is 7.00. The summed E-state index contributed by atoms with van der Waals surface area (Å²) in [4.78, 5) is 13.5. The highest BCUT2D eigenvalue weighted by Crippen LogP contribution is 2.45. The molecule has 1 heterocycles. The second-order valence-electron chi connectivity index (χ2n) is 5.42. The van der Waals surface area contributed by atoms with Crippen LogP contribution in [0, 0.1) is 23.7 Å². The summed E-state index contributed by atoms with van der Waals surface area (Å²) in [5.74, 6) is 2.77. The van der Waals surface area contributed by atoms with Crippen molar-refractivity contribution >= 4 is 5.91 Å². The molecular formula is C12H21NO2. The molecule has 3 nitrogen and oxygen atoms in total. The van der Waals surface area contributed by atoms with Gasteiger partial charge in [0.25, 0.3) is 5.91 Å². The first-order valence-corrected chi connectivity index (χ1v) is 5.97. The van der Waals surface area contributed by atoms with E-state index in [0.29, 0.717) is 11.8 Å². The van der Waals surface area contributed by atoms with Crippen molar-refractivity contribution in [3.05, 3.63) is 0 Å². The van der Waals surface area contributed by atoms with Gasteiger partial charge in [-0.3, -0.25) is 4.79 Å². The number of aliphatic hydroxyl groups is 1. The van der Waals surface area contributed by atoms with E-state index in [1.54, 1.807) is 6.92 Å². The molecule has 1 saturated heterocycles. The molecule has 0 aromatic rings. The molecule has 86 valence electrons. The topological polar surface area (TPSA) is 40.5 Å². The molecule has 15 heavy (non-hydrogen) atoms. The Bertz CT molecular complexity index is 264. The quantitative estimate of drug-likeness (QED) is 0.706. The third kappa shape index (κ3) is 1.78. The Balaban J connectivity index is 2.00. The van der Waals surface area contributed by atoms with Crippen LogP contribution in [-0.4, -0.2) is 35.1 Å². The first kappa shape index (κ1) is 10.9. The molecule has 1 aliphatic carbocycles. The zero-order valence-corrected chi connectivity index (χ0v) is 9.81. The second-order valence-corrected chi connectivity index (χ2v) is 5.42. The molecule has 5 unspecified atom stereocenters. The van der Waals surface area contributed by atoms with Crippen LogP contribution in [0.4, 0.5) is 0 Å². The largest absolute Gasteiger partial charge is 0.384 e. The highest BCUT2D eigenvalue weighted by atomic mass is 16.3. The van der Waals surface area contributed by atoms with Crippen molar-refractivity contribution in [1.29, 1.82) is 0 Å². The summed E-state index contributed by atoms with van der Waals surface area (Å²) >= 11 is 0. The normalized spacial score (nSPS) is 41.7. The van der Waals surface area contributed by atoms with Crippen molar-refractivity contribution in [2.24, 2.45) is 23.7 Å². The van der Waals surface area contributed by atoms with Crippen molar-refractivity contribution in [3.8, 4) is 0 Å². The average molecular weight is 211 g/mol. The molecule has 0 spiro atoms. The van der Waals surface area contributed by atoms with E-state index in [1.165, 1.54) is 6.42 Å². The third-order valence-corrected chi connectivity index (χ3v) is 4.41. The van der Waals surface area contributed by atoms with Gasteiger partial charge in [-0.2, -0.15) is 0 Å². The Labute approximate surface area is 91.5 Å². The number of likely N-dealkylation sites (tertiary alicyclic amines) is 1. The second kappa shape index (κ2) is 3.78. The summed E-state index contributed by atoms with van der Waals surface area (Å²) < 4.78 is 0. The van der Waals surface area contributed by atoms with Crippen LogP contribution < -0.4 is 0 Å². The molecule has 3 heteroatoms. The summed E-state index contributed by atoms with van der Waals surface area (Å²) in [7, 11) is 0. The van der Waals surface area contributed by atoms with E-state index >= 15 is 0 Å². The highest BCUT2D eigenvalue weighted by molar-refractivity contribution is 5.80. The summed E-state index contributed by atoms with van der Waals surface area (Å²) in [6, 6.07) is 0. The van der Waals surface area contributed by atoms with Crippen molar-refractivity contribution in [2.45, 2.75) is 33.3 Å². The lowest BCUT2D eigenvalue weighted by Crippen LogP contribution is -2.37. The minimum Gasteiger partial charge on any atom is -0.384 e. The Hall–Kier alpha value is -0.570. The molecule has 0 aromatic heterocycles. The van der Waals surface area contributed by atoms with Gasteiger partial charge in [-0.1, -0.05) is 13.8 Å². The van der Waals surface area contributed by atoms with Gasteiger partial charge in [0.1, 0.15) is 6.10 Å². The van der Waals surface area contributed by atoms with Crippen molar-refractivity contribution in [2.75, 3.05) is 13.1 Å². The number of aliphatic hydroxyl groups excluding tert-OH is 1. The van der Waals surface area contributed by atoms with Gasteiger partial charge in [0.2, 0.25) is 0 Å². The molecule has 0 bridgehead atoms. The maximum atomic E-state index is 11.6. The monoisotopic (exact) mass is 211 g/mol. The number of amides is 1. The van der Waals surface area contributed by atoms with Crippen molar-refractivity contribution < 1.29 is 9.90 Å². The fraction of sp³-hybridized carbons (Fsp3) is 0.917. The van der Waals surface area contributed by atoms with Crippen LogP contribution in [0.15, 0.2) is 0 Å². The number of fused-ring (bicyclic) bond motifs is 1. The van der Waals surface area contributed by atoms with Crippen LogP contribution in [0.2, 0.25) is 0 Å². The van der Waals surface area contributed by atoms with Crippen LogP contribution in [0.5, 0.6) is 0 Å². The number of hydrogen-bond donors (Lipinski definition) is 1. The van der Waals surface area contributed by atoms with E-state index < -0.39 is 6.10 Å². The molecule has 5 atom stereocenters. The maximum Gasteiger partial charge on any atom is 0.251 e. The molecular weight excluding hydrogens is 190 g/mol. The molecule has 1 aliphatic heterocycles. The number of hydrogen-bond acceptors (Lipinski definition) is 2. The maximum absolute atomic E-state index is 11.6. The lowest BCUT2D eigenvalue weighted by atomic mass is 9.91. The van der Waals surface area contributed by atoms with Crippen molar-refractivity contribution in [1.82, 2.24) is 4.90 Å². The lowest BCUT2D eigenvalue weighted by Gasteiger charge is -2.22. The van der Waals surface area contributed by atoms with Crippen LogP contribution in [0.25, 0.3) is 0 Å². The van der Waals surface area contributed by atoms with Gasteiger partial charge < -0.3 is 10.0 Å². The summed E-state index contributed by atoms with van der Waals surface area (Å²) in [6.07, 6.45) is 0.409. The molecule has 1 N–H and O–H groups in total.